The third-order valence-corrected chi connectivity index (χ3v) is 7.60. The lowest BCUT2D eigenvalue weighted by molar-refractivity contribution is 0.237. The molecule has 0 amide bonds. The van der Waals surface area contributed by atoms with Gasteiger partial charge in [0.2, 0.25) is 5.95 Å². The predicted octanol–water partition coefficient (Wildman–Crippen LogP) is 2.09. The molecule has 2 N–H and O–H groups in total. The Kier molecular flexibility index (Phi) is 7.59. The third-order valence-electron chi connectivity index (χ3n) is 6.54. The van der Waals surface area contributed by atoms with Crippen LogP contribution in [0.25, 0.3) is 0 Å². The highest BCUT2D eigenvalue weighted by Gasteiger charge is 2.39. The SMILES string of the molecule is C=N/N=c1/ccccn1CC1CCN(c2ncc3c(n2)CCS3)CC1.CNC1(CO)CC1. The smallest absolute Gasteiger partial charge is 0.225 e. The van der Waals surface area contributed by atoms with E-state index in [9.17, 15) is 0 Å². The van der Waals surface area contributed by atoms with Crippen molar-refractivity contribution in [3.8, 4) is 0 Å². The number of hydrogen-bond acceptors (Lipinski definition) is 8. The quantitative estimate of drug-likeness (QED) is 0.512. The largest absolute Gasteiger partial charge is 0.394 e. The molecule has 1 aliphatic carbocycles. The Bertz CT molecular complexity index is 974. The number of aliphatic hydroxyl groups is 1. The number of hydrogen-bond donors (Lipinski definition) is 2. The number of anilines is 1. The van der Waals surface area contributed by atoms with Crippen molar-refractivity contribution < 1.29 is 5.11 Å². The van der Waals surface area contributed by atoms with Gasteiger partial charge in [-0.3, -0.25) is 0 Å². The van der Waals surface area contributed by atoms with E-state index in [0.29, 0.717) is 12.5 Å². The molecule has 0 aromatic carbocycles. The third kappa shape index (κ3) is 5.57. The number of fused-ring (bicyclic) bond motifs is 1. The highest BCUT2D eigenvalue weighted by Crippen LogP contribution is 2.33. The fraction of sp³-hybridized carbons (Fsp3) is 0.565. The van der Waals surface area contributed by atoms with Crippen LogP contribution < -0.4 is 15.7 Å². The number of thioether (sulfide) groups is 1. The molecule has 172 valence electrons. The van der Waals surface area contributed by atoms with E-state index in [2.05, 4.69) is 42.9 Å². The van der Waals surface area contributed by atoms with Gasteiger partial charge in [0.05, 0.1) is 12.3 Å². The van der Waals surface area contributed by atoms with Crippen molar-refractivity contribution in [3.05, 3.63) is 41.8 Å². The van der Waals surface area contributed by atoms with Crippen molar-refractivity contribution in [3.63, 3.8) is 0 Å². The minimum atomic E-state index is 0.139. The van der Waals surface area contributed by atoms with Gasteiger partial charge in [0.1, 0.15) is 0 Å². The first-order valence-corrected chi connectivity index (χ1v) is 12.3. The first kappa shape index (κ1) is 22.9. The van der Waals surface area contributed by atoms with Crippen LogP contribution in [0.4, 0.5) is 5.95 Å². The Balaban J connectivity index is 0.000000300. The first-order valence-electron chi connectivity index (χ1n) is 11.3. The van der Waals surface area contributed by atoms with Crippen LogP contribution in [-0.4, -0.2) is 64.4 Å². The molecule has 9 heteroatoms. The zero-order valence-electron chi connectivity index (χ0n) is 18.8. The number of pyridine rings is 1. The number of likely N-dealkylation sites (N-methyl/N-ethyl adjacent to an activating group) is 1. The van der Waals surface area contributed by atoms with E-state index in [-0.39, 0.29) is 5.54 Å². The van der Waals surface area contributed by atoms with Gasteiger partial charge in [-0.15, -0.1) is 16.9 Å². The summed E-state index contributed by atoms with van der Waals surface area (Å²) < 4.78 is 2.16. The van der Waals surface area contributed by atoms with E-state index in [0.717, 1.165) is 68.9 Å². The van der Waals surface area contributed by atoms with Gasteiger partial charge >= 0.3 is 0 Å². The molecule has 2 aromatic rings. The van der Waals surface area contributed by atoms with Gasteiger partial charge in [0.15, 0.2) is 5.49 Å². The number of aryl methyl sites for hydroxylation is 1. The summed E-state index contributed by atoms with van der Waals surface area (Å²) in [4.78, 5) is 12.9. The zero-order valence-corrected chi connectivity index (χ0v) is 19.6. The number of piperidine rings is 1. The molecule has 5 rings (SSSR count). The Labute approximate surface area is 193 Å². The van der Waals surface area contributed by atoms with Crippen LogP contribution in [0.15, 0.2) is 45.7 Å². The lowest BCUT2D eigenvalue weighted by atomic mass is 9.97. The van der Waals surface area contributed by atoms with E-state index in [1.165, 1.54) is 10.6 Å². The number of nitrogens with zero attached hydrogens (tertiary/aromatic N) is 6. The second-order valence-corrected chi connectivity index (χ2v) is 9.79. The van der Waals surface area contributed by atoms with Crippen molar-refractivity contribution in [1.29, 1.82) is 0 Å². The predicted molar refractivity (Wildman–Crippen MR) is 129 cm³/mol. The zero-order chi connectivity index (χ0) is 22.4. The standard InChI is InChI=1S/C18H22N6S.C5H11NO/c1-19-22-17-4-2-3-8-24(17)13-14-5-9-23(10-6-14)18-20-12-16-15(21-18)7-11-25-16;1-6-5(4-7)2-3-5/h2-4,8,12,14H,1,5-7,9-11,13H2;6-7H,2-4H2,1H3/b22-17-;. The molecule has 0 radical (unpaired) electrons. The van der Waals surface area contributed by atoms with E-state index >= 15 is 0 Å². The van der Waals surface area contributed by atoms with Crippen LogP contribution in [0.5, 0.6) is 0 Å². The molecule has 2 aromatic heterocycles. The molecule has 0 unspecified atom stereocenters. The summed E-state index contributed by atoms with van der Waals surface area (Å²) in [5.74, 6) is 2.67. The van der Waals surface area contributed by atoms with Crippen molar-refractivity contribution in [1.82, 2.24) is 19.9 Å². The molecule has 1 saturated heterocycles. The maximum Gasteiger partial charge on any atom is 0.225 e. The molecular formula is C23H33N7OS. The van der Waals surface area contributed by atoms with E-state index in [4.69, 9.17) is 10.1 Å². The molecule has 8 nitrogen and oxygen atoms in total. The highest BCUT2D eigenvalue weighted by atomic mass is 32.2. The molecule has 0 spiro atoms. The molecule has 1 saturated carbocycles. The second-order valence-electron chi connectivity index (χ2n) is 8.65. The fourth-order valence-electron chi connectivity index (χ4n) is 4.12. The average molecular weight is 456 g/mol. The van der Waals surface area contributed by atoms with Crippen LogP contribution in [0.3, 0.4) is 0 Å². The van der Waals surface area contributed by atoms with Crippen LogP contribution in [0.2, 0.25) is 0 Å². The Morgan fingerprint density at radius 3 is 2.78 bits per heavy atom. The lowest BCUT2D eigenvalue weighted by Crippen LogP contribution is -2.37. The molecule has 4 heterocycles. The summed E-state index contributed by atoms with van der Waals surface area (Å²) in [6, 6.07) is 5.99. The monoisotopic (exact) mass is 455 g/mol. The van der Waals surface area contributed by atoms with Gasteiger partial charge in [-0.1, -0.05) is 6.07 Å². The van der Waals surface area contributed by atoms with Crippen LogP contribution in [0, 0.1) is 5.92 Å². The van der Waals surface area contributed by atoms with Gasteiger partial charge in [-0.25, -0.2) is 9.97 Å². The average Bonchev–Trinajstić information content (AvgIpc) is 3.49. The molecule has 32 heavy (non-hydrogen) atoms. The number of aliphatic hydroxyl groups excluding tert-OH is 1. The van der Waals surface area contributed by atoms with Crippen molar-refractivity contribution >= 4 is 24.4 Å². The molecule has 2 aliphatic heterocycles. The summed E-state index contributed by atoms with van der Waals surface area (Å²) in [5, 5.41) is 19.4. The van der Waals surface area contributed by atoms with E-state index < -0.39 is 0 Å². The second kappa shape index (κ2) is 10.6. The summed E-state index contributed by atoms with van der Waals surface area (Å²) in [6.07, 6.45) is 9.69. The Hall–Kier alpha value is -2.23. The molecule has 3 aliphatic rings. The lowest BCUT2D eigenvalue weighted by Gasteiger charge is -2.32. The fourth-order valence-corrected chi connectivity index (χ4v) is 5.08. The molecule has 0 bridgehead atoms. The normalized spacial score (nSPS) is 19.8. The first-order chi connectivity index (χ1) is 15.7. The molecular weight excluding hydrogens is 422 g/mol. The molecule has 0 atom stereocenters. The van der Waals surface area contributed by atoms with E-state index in [1.807, 2.05) is 43.2 Å². The van der Waals surface area contributed by atoms with E-state index in [1.54, 1.807) is 0 Å². The maximum absolute atomic E-state index is 8.59. The highest BCUT2D eigenvalue weighted by molar-refractivity contribution is 7.99. The summed E-state index contributed by atoms with van der Waals surface area (Å²) >= 11 is 1.86. The van der Waals surface area contributed by atoms with Gasteiger partial charge in [0, 0.05) is 61.4 Å². The summed E-state index contributed by atoms with van der Waals surface area (Å²) in [5.41, 5.74) is 2.22. The van der Waals surface area contributed by atoms with Crippen LogP contribution >= 0.6 is 11.8 Å². The van der Waals surface area contributed by atoms with Gasteiger partial charge in [-0.2, -0.15) is 5.10 Å². The minimum Gasteiger partial charge on any atom is -0.394 e. The van der Waals surface area contributed by atoms with Crippen LogP contribution in [-0.2, 0) is 13.0 Å². The topological polar surface area (TPSA) is 90.9 Å². The van der Waals surface area contributed by atoms with Gasteiger partial charge in [-0.05, 0) is 50.8 Å². The van der Waals surface area contributed by atoms with Crippen LogP contribution in [0.1, 0.15) is 31.4 Å². The minimum absolute atomic E-state index is 0.139. The van der Waals surface area contributed by atoms with Gasteiger partial charge < -0.3 is 19.9 Å². The van der Waals surface area contributed by atoms with Gasteiger partial charge in [0.25, 0.3) is 0 Å². The number of rotatable bonds is 6. The Morgan fingerprint density at radius 2 is 2.12 bits per heavy atom. The number of nitrogens with one attached hydrogen (secondary N) is 1. The van der Waals surface area contributed by atoms with Crippen molar-refractivity contribution in [2.75, 3.05) is 37.4 Å². The van der Waals surface area contributed by atoms with Crippen molar-refractivity contribution in [2.24, 2.45) is 16.1 Å². The molecule has 2 fully saturated rings. The summed E-state index contributed by atoms with van der Waals surface area (Å²) in [7, 11) is 1.89. The maximum atomic E-state index is 8.59. The van der Waals surface area contributed by atoms with Crippen molar-refractivity contribution in [2.45, 2.75) is 49.1 Å². The summed E-state index contributed by atoms with van der Waals surface area (Å²) in [6.45, 7) is 6.74. The Morgan fingerprint density at radius 1 is 1.31 bits per heavy atom. The number of aromatic nitrogens is 3.